The minimum Gasteiger partial charge on any atom is -0.380 e. The predicted molar refractivity (Wildman–Crippen MR) is 90.6 cm³/mol. The van der Waals surface area contributed by atoms with Crippen LogP contribution >= 0.6 is 27.3 Å². The second-order valence-corrected chi connectivity index (χ2v) is 7.51. The summed E-state index contributed by atoms with van der Waals surface area (Å²) in [5.41, 5.74) is 0. The molecule has 20 heavy (non-hydrogen) atoms. The van der Waals surface area contributed by atoms with Crippen LogP contribution in [0.2, 0.25) is 0 Å². The van der Waals surface area contributed by atoms with Crippen LogP contribution in [0.3, 0.4) is 0 Å². The molecule has 2 nitrogen and oxygen atoms in total. The van der Waals surface area contributed by atoms with Crippen molar-refractivity contribution in [3.05, 3.63) is 20.8 Å². The second kappa shape index (κ2) is 8.52. The topological polar surface area (TPSA) is 21.3 Å². The highest BCUT2D eigenvalue weighted by Crippen LogP contribution is 2.32. The van der Waals surface area contributed by atoms with Crippen molar-refractivity contribution in [2.24, 2.45) is 5.92 Å². The van der Waals surface area contributed by atoms with Gasteiger partial charge < -0.3 is 10.1 Å². The van der Waals surface area contributed by atoms with Crippen LogP contribution < -0.4 is 5.32 Å². The van der Waals surface area contributed by atoms with Crippen molar-refractivity contribution in [3.8, 4) is 0 Å². The van der Waals surface area contributed by atoms with E-state index in [1.165, 1.54) is 41.5 Å². The number of likely N-dealkylation sites (N-methyl/N-ethyl adjacent to an activating group) is 1. The van der Waals surface area contributed by atoms with Crippen molar-refractivity contribution in [2.45, 2.75) is 57.6 Å². The van der Waals surface area contributed by atoms with Gasteiger partial charge in [-0.2, -0.15) is 0 Å². The van der Waals surface area contributed by atoms with Gasteiger partial charge in [-0.25, -0.2) is 0 Å². The third-order valence-electron chi connectivity index (χ3n) is 4.35. The first-order chi connectivity index (χ1) is 9.76. The van der Waals surface area contributed by atoms with Gasteiger partial charge in [0, 0.05) is 28.9 Å². The average Bonchev–Trinajstić information content (AvgIpc) is 2.86. The first kappa shape index (κ1) is 16.5. The summed E-state index contributed by atoms with van der Waals surface area (Å²) in [6.45, 7) is 3.18. The van der Waals surface area contributed by atoms with E-state index in [1.807, 2.05) is 18.4 Å². The molecule has 1 fully saturated rings. The Bertz CT molecular complexity index is 390. The summed E-state index contributed by atoms with van der Waals surface area (Å²) in [5.74, 6) is 0.719. The summed E-state index contributed by atoms with van der Waals surface area (Å²) in [6, 6.07) is 2.56. The van der Waals surface area contributed by atoms with Gasteiger partial charge in [0.2, 0.25) is 0 Å². The zero-order chi connectivity index (χ0) is 14.4. The van der Waals surface area contributed by atoms with E-state index in [-0.39, 0.29) is 0 Å². The summed E-state index contributed by atoms with van der Waals surface area (Å²) >= 11 is 5.49. The molecular weight excluding hydrogens is 334 g/mol. The highest BCUT2D eigenvalue weighted by molar-refractivity contribution is 9.10. The fourth-order valence-corrected chi connectivity index (χ4v) is 4.96. The van der Waals surface area contributed by atoms with Crippen molar-refractivity contribution < 1.29 is 4.74 Å². The third-order valence-corrected chi connectivity index (χ3v) is 6.29. The molecule has 0 saturated heterocycles. The van der Waals surface area contributed by atoms with Crippen molar-refractivity contribution in [1.82, 2.24) is 5.32 Å². The minimum absolute atomic E-state index is 0.337. The second-order valence-electron chi connectivity index (χ2n) is 5.66. The van der Waals surface area contributed by atoms with Gasteiger partial charge in [-0.1, -0.05) is 26.2 Å². The Morgan fingerprint density at radius 3 is 2.70 bits per heavy atom. The molecule has 1 aromatic rings. The van der Waals surface area contributed by atoms with Crippen molar-refractivity contribution in [1.29, 1.82) is 0 Å². The molecule has 0 bridgehead atoms. The summed E-state index contributed by atoms with van der Waals surface area (Å²) in [7, 11) is 1.88. The van der Waals surface area contributed by atoms with Crippen LogP contribution in [0.25, 0.3) is 0 Å². The smallest absolute Gasteiger partial charge is 0.0755 e. The van der Waals surface area contributed by atoms with E-state index >= 15 is 0 Å². The molecule has 2 rings (SSSR count). The van der Waals surface area contributed by atoms with Crippen LogP contribution in [0, 0.1) is 5.92 Å². The number of methoxy groups -OCH3 is 1. The zero-order valence-electron chi connectivity index (χ0n) is 12.5. The van der Waals surface area contributed by atoms with Crippen LogP contribution in [0.15, 0.2) is 15.9 Å². The lowest BCUT2D eigenvalue weighted by Crippen LogP contribution is -2.46. The lowest BCUT2D eigenvalue weighted by molar-refractivity contribution is 0.00884. The van der Waals surface area contributed by atoms with E-state index in [1.54, 1.807) is 0 Å². The molecule has 0 aliphatic heterocycles. The molecule has 2 atom stereocenters. The number of hydrogen-bond acceptors (Lipinski definition) is 3. The van der Waals surface area contributed by atoms with Gasteiger partial charge in [-0.3, -0.25) is 0 Å². The van der Waals surface area contributed by atoms with E-state index in [2.05, 4.69) is 39.6 Å². The van der Waals surface area contributed by atoms with Crippen LogP contribution in [0.4, 0.5) is 0 Å². The monoisotopic (exact) mass is 359 g/mol. The molecule has 1 aromatic heterocycles. The molecule has 1 aliphatic rings. The zero-order valence-corrected chi connectivity index (χ0v) is 14.9. The van der Waals surface area contributed by atoms with E-state index in [4.69, 9.17) is 4.74 Å². The summed E-state index contributed by atoms with van der Waals surface area (Å²) < 4.78 is 7.16. The number of thiophene rings is 1. The molecule has 0 radical (unpaired) electrons. The number of rotatable bonds is 7. The molecule has 0 aromatic carbocycles. The lowest BCUT2D eigenvalue weighted by Gasteiger charge is -2.35. The van der Waals surface area contributed by atoms with Gasteiger partial charge >= 0.3 is 0 Å². The molecule has 1 heterocycles. The summed E-state index contributed by atoms with van der Waals surface area (Å²) in [5, 5.41) is 5.81. The van der Waals surface area contributed by atoms with E-state index < -0.39 is 0 Å². The van der Waals surface area contributed by atoms with Gasteiger partial charge in [0.15, 0.2) is 0 Å². The maximum absolute atomic E-state index is 5.92. The van der Waals surface area contributed by atoms with Crippen molar-refractivity contribution in [2.75, 3.05) is 13.7 Å². The molecule has 1 saturated carbocycles. The van der Waals surface area contributed by atoms with Crippen LogP contribution in [-0.4, -0.2) is 25.8 Å². The van der Waals surface area contributed by atoms with Gasteiger partial charge in [0.1, 0.15) is 0 Å². The Labute approximate surface area is 135 Å². The fraction of sp³-hybridized carbons (Fsp3) is 0.750. The maximum atomic E-state index is 5.92. The number of hydrogen-bond donors (Lipinski definition) is 1. The van der Waals surface area contributed by atoms with E-state index in [0.29, 0.717) is 12.1 Å². The first-order valence-corrected chi connectivity index (χ1v) is 9.41. The van der Waals surface area contributed by atoms with E-state index in [0.717, 1.165) is 18.9 Å². The Balaban J connectivity index is 2.06. The average molecular weight is 360 g/mol. The Morgan fingerprint density at radius 2 is 2.15 bits per heavy atom. The highest BCUT2D eigenvalue weighted by Gasteiger charge is 2.30. The SMILES string of the molecule is CCNC(Cc1sccc1Br)C(OC)C1CCCCC1. The van der Waals surface area contributed by atoms with Gasteiger partial charge in [0.25, 0.3) is 0 Å². The minimum atomic E-state index is 0.337. The Kier molecular flexibility index (Phi) is 7.02. The van der Waals surface area contributed by atoms with Crippen LogP contribution in [-0.2, 0) is 11.2 Å². The summed E-state index contributed by atoms with van der Waals surface area (Å²) in [4.78, 5) is 1.42. The number of ether oxygens (including phenoxy) is 1. The van der Waals surface area contributed by atoms with Gasteiger partial charge in [-0.15, -0.1) is 11.3 Å². The molecule has 1 aliphatic carbocycles. The summed E-state index contributed by atoms with van der Waals surface area (Å²) in [6.07, 6.45) is 8.18. The maximum Gasteiger partial charge on any atom is 0.0755 e. The standard InChI is InChI=1S/C16H26BrNOS/c1-3-18-14(11-15-13(17)9-10-20-15)16(19-2)12-7-5-4-6-8-12/h9-10,12,14,16,18H,3-8,11H2,1-2H3. The fourth-order valence-electron chi connectivity index (χ4n) is 3.39. The largest absolute Gasteiger partial charge is 0.380 e. The molecule has 114 valence electrons. The molecule has 0 spiro atoms. The number of nitrogens with one attached hydrogen (secondary N) is 1. The molecule has 4 heteroatoms. The van der Waals surface area contributed by atoms with Gasteiger partial charge in [0.05, 0.1) is 6.10 Å². The van der Waals surface area contributed by atoms with Gasteiger partial charge in [-0.05, 0) is 52.7 Å². The highest BCUT2D eigenvalue weighted by atomic mass is 79.9. The van der Waals surface area contributed by atoms with Crippen molar-refractivity contribution >= 4 is 27.3 Å². The third kappa shape index (κ3) is 4.30. The quantitative estimate of drug-likeness (QED) is 0.766. The predicted octanol–water partition coefficient (Wildman–Crippen LogP) is 4.63. The first-order valence-electron chi connectivity index (χ1n) is 7.74. The Morgan fingerprint density at radius 1 is 1.40 bits per heavy atom. The van der Waals surface area contributed by atoms with E-state index in [9.17, 15) is 0 Å². The molecular formula is C16H26BrNOS. The number of halogens is 1. The lowest BCUT2D eigenvalue weighted by atomic mass is 9.81. The molecule has 2 unspecified atom stereocenters. The molecule has 1 N–H and O–H groups in total. The Hall–Kier alpha value is 0.1000. The normalized spacial score (nSPS) is 19.9. The molecule has 0 amide bonds. The van der Waals surface area contributed by atoms with Crippen LogP contribution in [0.5, 0.6) is 0 Å². The van der Waals surface area contributed by atoms with Crippen LogP contribution in [0.1, 0.15) is 43.9 Å². The van der Waals surface area contributed by atoms with Crippen molar-refractivity contribution in [3.63, 3.8) is 0 Å².